The highest BCUT2D eigenvalue weighted by molar-refractivity contribution is 5.21. The van der Waals surface area contributed by atoms with Gasteiger partial charge < -0.3 is 4.74 Å². The van der Waals surface area contributed by atoms with Crippen molar-refractivity contribution in [3.63, 3.8) is 0 Å². The molecule has 1 radical (unpaired) electrons. The maximum atomic E-state index is 5.77. The predicted octanol–water partition coefficient (Wildman–Crippen LogP) is 1.96. The molecule has 0 spiro atoms. The molecule has 0 bridgehead atoms. The first-order valence-electron chi connectivity index (χ1n) is 5.12. The minimum Gasteiger partial charge on any atom is -0.488 e. The van der Waals surface area contributed by atoms with E-state index in [0.717, 1.165) is 18.8 Å². The highest BCUT2D eigenvalue weighted by Crippen LogP contribution is 2.18. The highest BCUT2D eigenvalue weighted by Gasteiger charge is 2.29. The van der Waals surface area contributed by atoms with E-state index in [1.165, 1.54) is 0 Å². The van der Waals surface area contributed by atoms with Crippen molar-refractivity contribution >= 4 is 0 Å². The fourth-order valence-corrected chi connectivity index (χ4v) is 1.61. The third-order valence-electron chi connectivity index (χ3n) is 2.60. The van der Waals surface area contributed by atoms with Gasteiger partial charge in [0.15, 0.2) is 0 Å². The first kappa shape index (κ1) is 9.53. The zero-order valence-corrected chi connectivity index (χ0v) is 8.73. The normalized spacial score (nSPS) is 18.2. The molecule has 0 amide bonds. The van der Waals surface area contributed by atoms with Crippen LogP contribution < -0.4 is 4.74 Å². The molecule has 0 atom stereocenters. The molecule has 2 nitrogen and oxygen atoms in total. The second kappa shape index (κ2) is 4.01. The highest BCUT2D eigenvalue weighted by atomic mass is 16.5. The Bertz CT molecular complexity index is 278. The fraction of sp³-hybridized carbons (Fsp3) is 0.500. The minimum absolute atomic E-state index is 0.375. The summed E-state index contributed by atoms with van der Waals surface area (Å²) in [4.78, 5) is 2.40. The monoisotopic (exact) mass is 190 g/mol. The van der Waals surface area contributed by atoms with Crippen molar-refractivity contribution in [1.82, 2.24) is 4.90 Å². The summed E-state index contributed by atoms with van der Waals surface area (Å²) in [6.45, 7) is 6.54. The number of hydrogen-bond acceptors (Lipinski definition) is 2. The fourth-order valence-electron chi connectivity index (χ4n) is 1.61. The lowest BCUT2D eigenvalue weighted by molar-refractivity contribution is 0.000152. The summed E-state index contributed by atoms with van der Waals surface area (Å²) >= 11 is 0. The topological polar surface area (TPSA) is 12.5 Å². The lowest BCUT2D eigenvalue weighted by Gasteiger charge is -2.41. The van der Waals surface area contributed by atoms with Crippen LogP contribution in [0.2, 0.25) is 0 Å². The number of benzene rings is 1. The molecule has 1 aliphatic heterocycles. The van der Waals surface area contributed by atoms with Crippen molar-refractivity contribution in [2.24, 2.45) is 0 Å². The van der Waals surface area contributed by atoms with Crippen molar-refractivity contribution in [3.05, 3.63) is 30.3 Å². The van der Waals surface area contributed by atoms with Crippen LogP contribution in [0.1, 0.15) is 13.8 Å². The number of ether oxygens (including phenoxy) is 1. The zero-order chi connectivity index (χ0) is 9.97. The lowest BCUT2D eigenvalue weighted by atomic mass is 10.1. The molecule has 0 aliphatic carbocycles. The molecular weight excluding hydrogens is 174 g/mol. The summed E-state index contributed by atoms with van der Waals surface area (Å²) in [5, 5.41) is 0. The van der Waals surface area contributed by atoms with Crippen molar-refractivity contribution in [3.8, 4) is 5.75 Å². The molecule has 0 N–H and O–H groups in total. The largest absolute Gasteiger partial charge is 0.488 e. The lowest BCUT2D eigenvalue weighted by Crippen LogP contribution is -2.56. The first-order chi connectivity index (χ1) is 6.75. The molecule has 2 rings (SSSR count). The number of likely N-dealkylation sites (tertiary alicyclic amines) is 1. The summed E-state index contributed by atoms with van der Waals surface area (Å²) in [5.74, 6) is 0.956. The number of hydrogen-bond donors (Lipinski definition) is 0. The van der Waals surface area contributed by atoms with Gasteiger partial charge in [-0.15, -0.1) is 0 Å². The van der Waals surface area contributed by atoms with Gasteiger partial charge in [-0.05, 0) is 32.0 Å². The third kappa shape index (κ3) is 2.07. The Hall–Kier alpha value is -1.02. The van der Waals surface area contributed by atoms with Gasteiger partial charge in [0.2, 0.25) is 0 Å². The molecule has 0 aromatic heterocycles. The van der Waals surface area contributed by atoms with Gasteiger partial charge >= 0.3 is 0 Å². The Morgan fingerprint density at radius 2 is 2.00 bits per heavy atom. The predicted molar refractivity (Wildman–Crippen MR) is 56.4 cm³/mol. The van der Waals surface area contributed by atoms with Crippen LogP contribution in [0.4, 0.5) is 0 Å². The maximum Gasteiger partial charge on any atom is 0.124 e. The molecule has 14 heavy (non-hydrogen) atoms. The number of rotatable bonds is 3. The molecule has 1 saturated heterocycles. The van der Waals surface area contributed by atoms with E-state index in [1.807, 2.05) is 24.3 Å². The van der Waals surface area contributed by atoms with E-state index in [9.17, 15) is 0 Å². The van der Waals surface area contributed by atoms with Crippen LogP contribution in [0.5, 0.6) is 5.75 Å². The van der Waals surface area contributed by atoms with Crippen LogP contribution in [-0.4, -0.2) is 30.1 Å². The van der Waals surface area contributed by atoms with Crippen molar-refractivity contribution in [1.29, 1.82) is 0 Å². The van der Waals surface area contributed by atoms with Gasteiger partial charge in [0.25, 0.3) is 0 Å². The first-order valence-corrected chi connectivity index (χ1v) is 5.12. The SMILES string of the molecule is CC(C)N1CC(Oc2cc[c]cc2)C1. The number of nitrogens with zero attached hydrogens (tertiary/aromatic N) is 1. The Kier molecular flexibility index (Phi) is 2.73. The van der Waals surface area contributed by atoms with E-state index in [1.54, 1.807) is 0 Å². The average Bonchev–Trinajstić information content (AvgIpc) is 2.12. The minimum atomic E-state index is 0.375. The van der Waals surface area contributed by atoms with Gasteiger partial charge in [0.1, 0.15) is 11.9 Å². The molecule has 0 saturated carbocycles. The molecule has 1 fully saturated rings. The second-order valence-electron chi connectivity index (χ2n) is 4.02. The van der Waals surface area contributed by atoms with Crippen molar-refractivity contribution < 1.29 is 4.74 Å². The Morgan fingerprint density at radius 3 is 2.57 bits per heavy atom. The Morgan fingerprint density at radius 1 is 1.36 bits per heavy atom. The molecular formula is C12H16NO. The third-order valence-corrected chi connectivity index (χ3v) is 2.60. The van der Waals surface area contributed by atoms with E-state index >= 15 is 0 Å². The van der Waals surface area contributed by atoms with Gasteiger partial charge in [-0.1, -0.05) is 12.1 Å². The van der Waals surface area contributed by atoms with E-state index in [4.69, 9.17) is 4.74 Å². The quantitative estimate of drug-likeness (QED) is 0.722. The van der Waals surface area contributed by atoms with E-state index in [-0.39, 0.29) is 0 Å². The van der Waals surface area contributed by atoms with Crippen LogP contribution in [0.3, 0.4) is 0 Å². The molecule has 2 heteroatoms. The van der Waals surface area contributed by atoms with Gasteiger partial charge in [-0.25, -0.2) is 0 Å². The van der Waals surface area contributed by atoms with Gasteiger partial charge in [-0.2, -0.15) is 0 Å². The molecule has 1 aromatic rings. The van der Waals surface area contributed by atoms with Crippen LogP contribution >= 0.6 is 0 Å². The summed E-state index contributed by atoms with van der Waals surface area (Å²) < 4.78 is 5.77. The van der Waals surface area contributed by atoms with Crippen LogP contribution in [-0.2, 0) is 0 Å². The van der Waals surface area contributed by atoms with Gasteiger partial charge in [-0.3, -0.25) is 4.90 Å². The van der Waals surface area contributed by atoms with Gasteiger partial charge in [0, 0.05) is 19.1 Å². The molecule has 1 aromatic carbocycles. The molecule has 0 unspecified atom stereocenters. The molecule has 1 aliphatic rings. The summed E-state index contributed by atoms with van der Waals surface area (Å²) in [5.41, 5.74) is 0. The second-order valence-corrected chi connectivity index (χ2v) is 4.02. The van der Waals surface area contributed by atoms with Crippen LogP contribution in [0.15, 0.2) is 24.3 Å². The van der Waals surface area contributed by atoms with Crippen LogP contribution in [0, 0.1) is 6.07 Å². The van der Waals surface area contributed by atoms with Crippen molar-refractivity contribution in [2.75, 3.05) is 13.1 Å². The summed E-state index contributed by atoms with van der Waals surface area (Å²) in [7, 11) is 0. The van der Waals surface area contributed by atoms with Gasteiger partial charge in [0.05, 0.1) is 0 Å². The smallest absolute Gasteiger partial charge is 0.124 e. The zero-order valence-electron chi connectivity index (χ0n) is 8.73. The van der Waals surface area contributed by atoms with Crippen molar-refractivity contribution in [2.45, 2.75) is 26.0 Å². The van der Waals surface area contributed by atoms with E-state index in [0.29, 0.717) is 12.1 Å². The van der Waals surface area contributed by atoms with E-state index in [2.05, 4.69) is 24.8 Å². The summed E-state index contributed by atoms with van der Waals surface area (Å²) in [6.07, 6.45) is 0.375. The van der Waals surface area contributed by atoms with E-state index < -0.39 is 0 Å². The Labute approximate surface area is 85.5 Å². The standard InChI is InChI=1S/C12H16NO/c1-10(2)13-8-12(9-13)14-11-6-4-3-5-7-11/h4-7,10,12H,8-9H2,1-2H3. The van der Waals surface area contributed by atoms with Crippen LogP contribution in [0.25, 0.3) is 0 Å². The Balaban J connectivity index is 1.80. The molecule has 75 valence electrons. The molecule has 1 heterocycles. The summed E-state index contributed by atoms with van der Waals surface area (Å²) in [6, 6.07) is 11.3. The average molecular weight is 190 g/mol. The maximum absolute atomic E-state index is 5.77.